The molecule has 10 heteroatoms. The molecule has 1 heterocycles. The number of ether oxygens (including phenoxy) is 1. The molecule has 9 nitrogen and oxygen atoms in total. The number of esters is 1. The van der Waals surface area contributed by atoms with E-state index in [2.05, 4.69) is 25.6 Å². The fourth-order valence-corrected chi connectivity index (χ4v) is 4.04. The van der Waals surface area contributed by atoms with Crippen LogP contribution in [0.5, 0.6) is 0 Å². The summed E-state index contributed by atoms with van der Waals surface area (Å²) < 4.78 is 6.63. The number of carbonyl (C=O) groups is 3. The lowest BCUT2D eigenvalue weighted by atomic mass is 10.2. The molecule has 4 rings (SSSR count). The first-order valence-electron chi connectivity index (χ1n) is 10.4. The Hall–Kier alpha value is -3.66. The number of benzene rings is 2. The summed E-state index contributed by atoms with van der Waals surface area (Å²) in [4.78, 5) is 35.5. The average Bonchev–Trinajstić information content (AvgIpc) is 3.56. The Morgan fingerprint density at radius 1 is 1.06 bits per heavy atom. The predicted molar refractivity (Wildman–Crippen MR) is 125 cm³/mol. The van der Waals surface area contributed by atoms with E-state index in [9.17, 15) is 14.4 Å². The standard InChI is InChI=1S/C23H23N5O4S/c1-14(29)24-18-4-3-5-19(12-18)28-21(15-6-7-15)26-27-23(28)33-13-20(30)25-17-10-8-16(9-11-17)22(31)32-2/h3-5,8-12,15H,6-7,13H2,1-2H3,(H,24,29)(H,25,30). The highest BCUT2D eigenvalue weighted by atomic mass is 32.2. The summed E-state index contributed by atoms with van der Waals surface area (Å²) in [5.74, 6) is 0.545. The van der Waals surface area contributed by atoms with Crippen molar-refractivity contribution in [3.05, 3.63) is 59.9 Å². The molecule has 0 bridgehead atoms. The summed E-state index contributed by atoms with van der Waals surface area (Å²) in [6.07, 6.45) is 2.10. The number of methoxy groups -OCH3 is 1. The van der Waals surface area contributed by atoms with Crippen LogP contribution >= 0.6 is 11.8 Å². The fraction of sp³-hybridized carbons (Fsp3) is 0.261. The van der Waals surface area contributed by atoms with E-state index >= 15 is 0 Å². The Bertz CT molecular complexity index is 1190. The zero-order valence-electron chi connectivity index (χ0n) is 18.2. The third kappa shape index (κ3) is 5.58. The van der Waals surface area contributed by atoms with Gasteiger partial charge in [0, 0.05) is 24.2 Å². The summed E-state index contributed by atoms with van der Waals surface area (Å²) >= 11 is 1.28. The maximum absolute atomic E-state index is 12.5. The molecule has 170 valence electrons. The number of nitrogens with zero attached hydrogens (tertiary/aromatic N) is 3. The van der Waals surface area contributed by atoms with Crippen molar-refractivity contribution >= 4 is 40.9 Å². The van der Waals surface area contributed by atoms with Crippen molar-refractivity contribution in [2.24, 2.45) is 0 Å². The van der Waals surface area contributed by atoms with Gasteiger partial charge in [-0.15, -0.1) is 10.2 Å². The number of amides is 2. The van der Waals surface area contributed by atoms with Crippen molar-refractivity contribution in [1.29, 1.82) is 0 Å². The first-order chi connectivity index (χ1) is 15.9. The minimum absolute atomic E-state index is 0.132. The van der Waals surface area contributed by atoms with E-state index in [1.54, 1.807) is 24.3 Å². The van der Waals surface area contributed by atoms with Crippen LogP contribution in [0.15, 0.2) is 53.7 Å². The lowest BCUT2D eigenvalue weighted by Crippen LogP contribution is -2.15. The van der Waals surface area contributed by atoms with Gasteiger partial charge >= 0.3 is 5.97 Å². The molecule has 1 aliphatic rings. The summed E-state index contributed by atoms with van der Waals surface area (Å²) in [5, 5.41) is 14.9. The molecule has 2 aromatic carbocycles. The van der Waals surface area contributed by atoms with Gasteiger partial charge in [0.1, 0.15) is 5.82 Å². The van der Waals surface area contributed by atoms with Crippen LogP contribution < -0.4 is 10.6 Å². The van der Waals surface area contributed by atoms with E-state index in [1.807, 2.05) is 28.8 Å². The average molecular weight is 466 g/mol. The Balaban J connectivity index is 1.47. The molecule has 33 heavy (non-hydrogen) atoms. The van der Waals surface area contributed by atoms with Crippen molar-refractivity contribution < 1.29 is 19.1 Å². The van der Waals surface area contributed by atoms with E-state index in [1.165, 1.54) is 25.8 Å². The van der Waals surface area contributed by atoms with E-state index in [0.717, 1.165) is 24.4 Å². The van der Waals surface area contributed by atoms with Gasteiger partial charge in [0.05, 0.1) is 24.1 Å². The first kappa shape index (κ1) is 22.5. The highest BCUT2D eigenvalue weighted by molar-refractivity contribution is 7.99. The number of hydrogen-bond acceptors (Lipinski definition) is 7. The van der Waals surface area contributed by atoms with Crippen LogP contribution in [0, 0.1) is 0 Å². The summed E-state index contributed by atoms with van der Waals surface area (Å²) in [5.41, 5.74) is 2.50. The highest BCUT2D eigenvalue weighted by Gasteiger charge is 2.31. The Morgan fingerprint density at radius 3 is 2.48 bits per heavy atom. The van der Waals surface area contributed by atoms with Crippen LogP contribution in [-0.4, -0.2) is 45.4 Å². The zero-order chi connectivity index (χ0) is 23.4. The van der Waals surface area contributed by atoms with Crippen LogP contribution in [0.2, 0.25) is 0 Å². The number of carbonyl (C=O) groups excluding carboxylic acids is 3. The molecule has 0 radical (unpaired) electrons. The number of thioether (sulfide) groups is 1. The maximum Gasteiger partial charge on any atom is 0.337 e. The molecule has 0 saturated heterocycles. The van der Waals surface area contributed by atoms with Crippen LogP contribution in [-0.2, 0) is 14.3 Å². The van der Waals surface area contributed by atoms with Gasteiger partial charge in [0.15, 0.2) is 5.16 Å². The molecule has 0 spiro atoms. The zero-order valence-corrected chi connectivity index (χ0v) is 19.0. The van der Waals surface area contributed by atoms with Crippen LogP contribution in [0.25, 0.3) is 5.69 Å². The van der Waals surface area contributed by atoms with E-state index in [-0.39, 0.29) is 17.6 Å². The monoisotopic (exact) mass is 465 g/mol. The lowest BCUT2D eigenvalue weighted by molar-refractivity contribution is -0.114. The van der Waals surface area contributed by atoms with Crippen LogP contribution in [0.1, 0.15) is 41.9 Å². The minimum Gasteiger partial charge on any atom is -0.465 e. The van der Waals surface area contributed by atoms with Crippen molar-refractivity contribution in [1.82, 2.24) is 14.8 Å². The fourth-order valence-electron chi connectivity index (χ4n) is 3.28. The van der Waals surface area contributed by atoms with Crippen LogP contribution in [0.3, 0.4) is 0 Å². The number of aromatic nitrogens is 3. The molecule has 0 atom stereocenters. The molecule has 1 aliphatic carbocycles. The second-order valence-corrected chi connectivity index (χ2v) is 8.53. The summed E-state index contributed by atoms with van der Waals surface area (Å²) in [6, 6.07) is 13.9. The molecule has 2 amide bonds. The van der Waals surface area contributed by atoms with E-state index in [4.69, 9.17) is 0 Å². The van der Waals surface area contributed by atoms with Gasteiger partial charge in [-0.1, -0.05) is 17.8 Å². The number of anilines is 2. The van der Waals surface area contributed by atoms with Crippen molar-refractivity contribution in [3.63, 3.8) is 0 Å². The molecule has 2 N–H and O–H groups in total. The van der Waals surface area contributed by atoms with Crippen LogP contribution in [0.4, 0.5) is 11.4 Å². The smallest absolute Gasteiger partial charge is 0.337 e. The molecular formula is C23H23N5O4S. The van der Waals surface area contributed by atoms with Gasteiger partial charge in [-0.05, 0) is 55.3 Å². The lowest BCUT2D eigenvalue weighted by Gasteiger charge is -2.12. The van der Waals surface area contributed by atoms with Gasteiger partial charge in [-0.3, -0.25) is 14.2 Å². The molecule has 0 aliphatic heterocycles. The Morgan fingerprint density at radius 2 is 1.82 bits per heavy atom. The molecule has 1 saturated carbocycles. The van der Waals surface area contributed by atoms with Crippen molar-refractivity contribution in [2.45, 2.75) is 30.8 Å². The molecule has 0 unspecified atom stereocenters. The highest BCUT2D eigenvalue weighted by Crippen LogP contribution is 2.41. The largest absolute Gasteiger partial charge is 0.465 e. The van der Waals surface area contributed by atoms with Crippen molar-refractivity contribution in [2.75, 3.05) is 23.5 Å². The van der Waals surface area contributed by atoms with Crippen molar-refractivity contribution in [3.8, 4) is 5.69 Å². The topological polar surface area (TPSA) is 115 Å². The normalized spacial score (nSPS) is 12.8. The Labute approximate surface area is 194 Å². The molecular weight excluding hydrogens is 442 g/mol. The maximum atomic E-state index is 12.5. The first-order valence-corrected chi connectivity index (χ1v) is 11.4. The SMILES string of the molecule is COC(=O)c1ccc(NC(=O)CSc2nnc(C3CC3)n2-c2cccc(NC(C)=O)c2)cc1. The Kier molecular flexibility index (Phi) is 6.74. The van der Waals surface area contributed by atoms with Gasteiger partial charge < -0.3 is 15.4 Å². The van der Waals surface area contributed by atoms with Gasteiger partial charge in [-0.25, -0.2) is 4.79 Å². The predicted octanol–water partition coefficient (Wildman–Crippen LogP) is 3.62. The molecule has 3 aromatic rings. The second kappa shape index (κ2) is 9.86. The second-order valence-electron chi connectivity index (χ2n) is 7.59. The van der Waals surface area contributed by atoms with Gasteiger partial charge in [0.2, 0.25) is 11.8 Å². The molecule has 1 fully saturated rings. The van der Waals surface area contributed by atoms with E-state index < -0.39 is 5.97 Å². The minimum atomic E-state index is -0.434. The summed E-state index contributed by atoms with van der Waals surface area (Å²) in [6.45, 7) is 1.46. The number of rotatable bonds is 8. The molecule has 1 aromatic heterocycles. The third-order valence-corrected chi connectivity index (χ3v) is 5.88. The van der Waals surface area contributed by atoms with Gasteiger partial charge in [-0.2, -0.15) is 0 Å². The van der Waals surface area contributed by atoms with E-state index in [0.29, 0.717) is 28.0 Å². The number of nitrogens with one attached hydrogen (secondary N) is 2. The quantitative estimate of drug-likeness (QED) is 0.386. The van der Waals surface area contributed by atoms with Gasteiger partial charge in [0.25, 0.3) is 0 Å². The number of hydrogen-bond donors (Lipinski definition) is 2. The third-order valence-electron chi connectivity index (χ3n) is 4.95. The summed E-state index contributed by atoms with van der Waals surface area (Å²) in [7, 11) is 1.32.